The summed E-state index contributed by atoms with van der Waals surface area (Å²) < 4.78 is 10.6. The lowest BCUT2D eigenvalue weighted by molar-refractivity contribution is 0.0951. The van der Waals surface area contributed by atoms with E-state index in [-0.39, 0.29) is 11.8 Å². The van der Waals surface area contributed by atoms with Crippen molar-refractivity contribution in [2.75, 3.05) is 26.6 Å². The van der Waals surface area contributed by atoms with E-state index in [2.05, 4.69) is 12.2 Å². The minimum Gasteiger partial charge on any atom is -0.493 e. The summed E-state index contributed by atoms with van der Waals surface area (Å²) in [5.74, 6) is 1.94. The number of hydrogen-bond acceptors (Lipinski definition) is 3. The first-order valence-electron chi connectivity index (χ1n) is 8.24. The van der Waals surface area contributed by atoms with Gasteiger partial charge in [0.15, 0.2) is 11.5 Å². The fourth-order valence-corrected chi connectivity index (χ4v) is 2.88. The summed E-state index contributed by atoms with van der Waals surface area (Å²) in [5.41, 5.74) is 2.73. The Kier molecular flexibility index (Phi) is 7.14. The maximum Gasteiger partial charge on any atom is 0.251 e. The fourth-order valence-electron chi connectivity index (χ4n) is 2.68. The molecule has 0 aromatic heterocycles. The molecular weight excluding hydrogens is 338 g/mol. The molecule has 4 nitrogen and oxygen atoms in total. The van der Waals surface area contributed by atoms with E-state index in [4.69, 9.17) is 21.1 Å². The molecule has 2 aromatic rings. The molecule has 0 aliphatic rings. The van der Waals surface area contributed by atoms with Crippen molar-refractivity contribution in [3.8, 4) is 11.5 Å². The maximum atomic E-state index is 12.5. The molecule has 1 atom stereocenters. The first-order valence-corrected chi connectivity index (χ1v) is 8.78. The SMILES string of the molecule is COc1ccc(C(C)CNC(=O)c2ccccc2CCCl)cc1OC. The second-order valence-electron chi connectivity index (χ2n) is 5.82. The van der Waals surface area contributed by atoms with Gasteiger partial charge in [0.1, 0.15) is 0 Å². The van der Waals surface area contributed by atoms with Crippen molar-refractivity contribution in [1.29, 1.82) is 0 Å². The van der Waals surface area contributed by atoms with Gasteiger partial charge in [-0.3, -0.25) is 4.79 Å². The van der Waals surface area contributed by atoms with Crippen molar-refractivity contribution in [3.05, 3.63) is 59.2 Å². The van der Waals surface area contributed by atoms with Crippen molar-refractivity contribution >= 4 is 17.5 Å². The third kappa shape index (κ3) is 4.89. The molecule has 0 saturated carbocycles. The van der Waals surface area contributed by atoms with E-state index in [0.29, 0.717) is 35.9 Å². The maximum absolute atomic E-state index is 12.5. The van der Waals surface area contributed by atoms with Crippen molar-refractivity contribution in [2.24, 2.45) is 0 Å². The Morgan fingerprint density at radius 3 is 2.52 bits per heavy atom. The number of benzene rings is 2. The van der Waals surface area contributed by atoms with Gasteiger partial charge in [0, 0.05) is 18.0 Å². The van der Waals surface area contributed by atoms with Gasteiger partial charge in [0.2, 0.25) is 0 Å². The third-order valence-electron chi connectivity index (χ3n) is 4.17. The Labute approximate surface area is 154 Å². The van der Waals surface area contributed by atoms with Crippen molar-refractivity contribution in [3.63, 3.8) is 0 Å². The number of rotatable bonds is 8. The van der Waals surface area contributed by atoms with E-state index in [1.807, 2.05) is 42.5 Å². The van der Waals surface area contributed by atoms with Crippen LogP contribution in [-0.2, 0) is 6.42 Å². The topological polar surface area (TPSA) is 47.6 Å². The lowest BCUT2D eigenvalue weighted by Gasteiger charge is -2.16. The van der Waals surface area contributed by atoms with Crippen LogP contribution < -0.4 is 14.8 Å². The molecule has 0 saturated heterocycles. The van der Waals surface area contributed by atoms with Gasteiger partial charge in [-0.1, -0.05) is 31.2 Å². The van der Waals surface area contributed by atoms with E-state index in [0.717, 1.165) is 11.1 Å². The number of halogens is 1. The first kappa shape index (κ1) is 19.1. The monoisotopic (exact) mass is 361 g/mol. The van der Waals surface area contributed by atoms with Crippen molar-refractivity contribution in [1.82, 2.24) is 5.32 Å². The smallest absolute Gasteiger partial charge is 0.251 e. The molecule has 0 fully saturated rings. The Hall–Kier alpha value is -2.20. The van der Waals surface area contributed by atoms with Crippen LogP contribution in [0.2, 0.25) is 0 Å². The van der Waals surface area contributed by atoms with Gasteiger partial charge in [-0.05, 0) is 41.7 Å². The highest BCUT2D eigenvalue weighted by Gasteiger charge is 2.14. The molecular formula is C20H24ClNO3. The number of nitrogens with one attached hydrogen (secondary N) is 1. The quantitative estimate of drug-likeness (QED) is 0.722. The van der Waals surface area contributed by atoms with E-state index in [9.17, 15) is 4.79 Å². The van der Waals surface area contributed by atoms with Crippen molar-refractivity contribution < 1.29 is 14.3 Å². The van der Waals surface area contributed by atoms with Crippen molar-refractivity contribution in [2.45, 2.75) is 19.3 Å². The van der Waals surface area contributed by atoms with Crippen LogP contribution in [0.3, 0.4) is 0 Å². The molecule has 1 unspecified atom stereocenters. The second-order valence-corrected chi connectivity index (χ2v) is 6.20. The molecule has 2 rings (SSSR count). The van der Waals surface area contributed by atoms with Crippen LogP contribution in [0.25, 0.3) is 0 Å². The standard InChI is InChI=1S/C20H24ClNO3/c1-14(16-8-9-18(24-2)19(12-16)25-3)13-22-20(23)17-7-5-4-6-15(17)10-11-21/h4-9,12,14H,10-11,13H2,1-3H3,(H,22,23). The number of methoxy groups -OCH3 is 2. The summed E-state index contributed by atoms with van der Waals surface area (Å²) in [4.78, 5) is 12.5. The second kappa shape index (κ2) is 9.33. The highest BCUT2D eigenvalue weighted by atomic mass is 35.5. The summed E-state index contributed by atoms with van der Waals surface area (Å²) in [5, 5.41) is 3.01. The number of amides is 1. The molecule has 5 heteroatoms. The zero-order valence-electron chi connectivity index (χ0n) is 14.8. The van der Waals surface area contributed by atoms with Gasteiger partial charge in [-0.15, -0.1) is 11.6 Å². The molecule has 0 bridgehead atoms. The van der Waals surface area contributed by atoms with Crippen LogP contribution in [0, 0.1) is 0 Å². The summed E-state index contributed by atoms with van der Waals surface area (Å²) in [6.45, 7) is 2.59. The molecule has 25 heavy (non-hydrogen) atoms. The zero-order chi connectivity index (χ0) is 18.2. The average molecular weight is 362 g/mol. The molecule has 0 aliphatic carbocycles. The summed E-state index contributed by atoms with van der Waals surface area (Å²) in [6, 6.07) is 13.4. The lowest BCUT2D eigenvalue weighted by Crippen LogP contribution is -2.28. The first-order chi connectivity index (χ1) is 12.1. The van der Waals surface area contributed by atoms with Crippen LogP contribution in [0.1, 0.15) is 34.3 Å². The average Bonchev–Trinajstić information content (AvgIpc) is 2.65. The molecule has 2 aromatic carbocycles. The number of carbonyl (C=O) groups is 1. The summed E-state index contributed by atoms with van der Waals surface area (Å²) in [7, 11) is 3.22. The van der Waals surface area contributed by atoms with E-state index in [1.54, 1.807) is 14.2 Å². The minimum absolute atomic E-state index is 0.0759. The lowest BCUT2D eigenvalue weighted by atomic mass is 10.00. The molecule has 134 valence electrons. The van der Waals surface area contributed by atoms with Gasteiger partial charge in [-0.2, -0.15) is 0 Å². The zero-order valence-corrected chi connectivity index (χ0v) is 15.6. The van der Waals surface area contributed by atoms with Crippen LogP contribution in [-0.4, -0.2) is 32.6 Å². The number of hydrogen-bond donors (Lipinski definition) is 1. The summed E-state index contributed by atoms with van der Waals surface area (Å²) >= 11 is 5.82. The molecule has 0 heterocycles. The fraction of sp³-hybridized carbons (Fsp3) is 0.350. The summed E-state index contributed by atoms with van der Waals surface area (Å²) in [6.07, 6.45) is 0.677. The van der Waals surface area contributed by atoms with Gasteiger partial charge in [0.25, 0.3) is 5.91 Å². The number of aryl methyl sites for hydroxylation is 1. The predicted molar refractivity (Wildman–Crippen MR) is 101 cm³/mol. The van der Waals surface area contributed by atoms with Crippen LogP contribution in [0.4, 0.5) is 0 Å². The molecule has 1 N–H and O–H groups in total. The van der Waals surface area contributed by atoms with E-state index < -0.39 is 0 Å². The van der Waals surface area contributed by atoms with Crippen LogP contribution in [0.5, 0.6) is 11.5 Å². The van der Waals surface area contributed by atoms with Gasteiger partial charge in [0.05, 0.1) is 14.2 Å². The van der Waals surface area contributed by atoms with E-state index >= 15 is 0 Å². The third-order valence-corrected chi connectivity index (χ3v) is 4.36. The predicted octanol–water partition coefficient (Wildman–Crippen LogP) is 4.02. The van der Waals surface area contributed by atoms with E-state index in [1.165, 1.54) is 0 Å². The molecule has 0 spiro atoms. The number of alkyl halides is 1. The molecule has 0 aliphatic heterocycles. The van der Waals surface area contributed by atoms with Gasteiger partial charge >= 0.3 is 0 Å². The van der Waals surface area contributed by atoms with Gasteiger partial charge in [-0.25, -0.2) is 0 Å². The number of ether oxygens (including phenoxy) is 2. The molecule has 0 radical (unpaired) electrons. The largest absolute Gasteiger partial charge is 0.493 e. The highest BCUT2D eigenvalue weighted by molar-refractivity contribution is 6.18. The Morgan fingerprint density at radius 2 is 1.84 bits per heavy atom. The Bertz CT molecular complexity index is 718. The Balaban J connectivity index is 2.04. The van der Waals surface area contributed by atoms with Crippen LogP contribution in [0.15, 0.2) is 42.5 Å². The van der Waals surface area contributed by atoms with Crippen LogP contribution >= 0.6 is 11.6 Å². The minimum atomic E-state index is -0.0759. The normalized spacial score (nSPS) is 11.7. The highest BCUT2D eigenvalue weighted by Crippen LogP contribution is 2.30. The number of carbonyl (C=O) groups excluding carboxylic acids is 1. The molecule has 1 amide bonds. The van der Waals surface area contributed by atoms with Gasteiger partial charge < -0.3 is 14.8 Å². The Morgan fingerprint density at radius 1 is 1.12 bits per heavy atom.